The van der Waals surface area contributed by atoms with Crippen molar-refractivity contribution in [3.05, 3.63) is 46.5 Å². The number of carbonyl (C=O) groups excluding carboxylic acids is 2. The van der Waals surface area contributed by atoms with Crippen LogP contribution in [0.15, 0.2) is 35.4 Å². The van der Waals surface area contributed by atoms with Gasteiger partial charge < -0.3 is 0 Å². The summed E-state index contributed by atoms with van der Waals surface area (Å²) >= 11 is 0. The highest BCUT2D eigenvalue weighted by Crippen LogP contribution is 2.25. The molecule has 2 rings (SSSR count). The van der Waals surface area contributed by atoms with Crippen LogP contribution in [0.2, 0.25) is 0 Å². The number of carbonyl (C=O) groups is 2. The molecule has 0 bridgehead atoms. The maximum absolute atomic E-state index is 12.1. The van der Waals surface area contributed by atoms with E-state index in [1.807, 2.05) is 26.0 Å². The topological polar surface area (TPSA) is 34.1 Å². The molecule has 0 unspecified atom stereocenters. The molecular formula is C14H14O2. The third-order valence-electron chi connectivity index (χ3n) is 2.97. The predicted molar refractivity (Wildman–Crippen MR) is 62.5 cm³/mol. The van der Waals surface area contributed by atoms with Crippen molar-refractivity contribution in [2.24, 2.45) is 0 Å². The van der Waals surface area contributed by atoms with E-state index >= 15 is 0 Å². The summed E-state index contributed by atoms with van der Waals surface area (Å²) in [7, 11) is 0. The molecule has 0 fully saturated rings. The van der Waals surface area contributed by atoms with E-state index in [1.165, 1.54) is 0 Å². The van der Waals surface area contributed by atoms with Gasteiger partial charge in [-0.2, -0.15) is 0 Å². The van der Waals surface area contributed by atoms with Gasteiger partial charge in [-0.25, -0.2) is 0 Å². The zero-order valence-corrected chi connectivity index (χ0v) is 9.54. The molecule has 0 saturated heterocycles. The Morgan fingerprint density at radius 1 is 1.06 bits per heavy atom. The highest BCUT2D eigenvalue weighted by molar-refractivity contribution is 6.27. The summed E-state index contributed by atoms with van der Waals surface area (Å²) in [5, 5.41) is 0. The lowest BCUT2D eigenvalue weighted by molar-refractivity contribution is -0.114. The number of rotatable bonds is 2. The summed E-state index contributed by atoms with van der Waals surface area (Å²) in [6.07, 6.45) is 1.21. The minimum Gasteiger partial charge on any atom is -0.294 e. The van der Waals surface area contributed by atoms with E-state index in [0.717, 1.165) is 17.6 Å². The molecule has 0 N–H and O–H groups in total. The molecular weight excluding hydrogens is 200 g/mol. The van der Waals surface area contributed by atoms with Crippen LogP contribution in [0.3, 0.4) is 0 Å². The van der Waals surface area contributed by atoms with Crippen LogP contribution in [0.25, 0.3) is 0 Å². The van der Waals surface area contributed by atoms with E-state index in [-0.39, 0.29) is 11.6 Å². The molecule has 0 aromatic heterocycles. The van der Waals surface area contributed by atoms with Gasteiger partial charge in [-0.15, -0.1) is 0 Å². The molecule has 1 aliphatic carbocycles. The summed E-state index contributed by atoms with van der Waals surface area (Å²) < 4.78 is 0. The summed E-state index contributed by atoms with van der Waals surface area (Å²) in [6.45, 7) is 3.84. The third kappa shape index (κ3) is 1.83. The van der Waals surface area contributed by atoms with E-state index in [1.54, 1.807) is 12.1 Å². The molecule has 2 heteroatoms. The Morgan fingerprint density at radius 3 is 2.19 bits per heavy atom. The highest BCUT2D eigenvalue weighted by atomic mass is 16.1. The van der Waals surface area contributed by atoms with Crippen LogP contribution in [-0.2, 0) is 4.79 Å². The van der Waals surface area contributed by atoms with Crippen molar-refractivity contribution in [2.75, 3.05) is 0 Å². The fourth-order valence-corrected chi connectivity index (χ4v) is 1.96. The minimum absolute atomic E-state index is 0.0110. The first kappa shape index (κ1) is 10.8. The van der Waals surface area contributed by atoms with Gasteiger partial charge in [0.05, 0.1) is 5.57 Å². The fourth-order valence-electron chi connectivity index (χ4n) is 1.96. The summed E-state index contributed by atoms with van der Waals surface area (Å²) in [6, 6.07) is 7.35. The number of allylic oxidation sites excluding steroid dienone is 2. The molecule has 0 saturated carbocycles. The van der Waals surface area contributed by atoms with Crippen LogP contribution in [0, 0.1) is 6.92 Å². The summed E-state index contributed by atoms with van der Waals surface area (Å²) in [4.78, 5) is 23.7. The van der Waals surface area contributed by atoms with Crippen LogP contribution in [0.4, 0.5) is 0 Å². The second kappa shape index (κ2) is 4.05. The van der Waals surface area contributed by atoms with Crippen LogP contribution >= 0.6 is 0 Å². The number of benzene rings is 1. The average molecular weight is 214 g/mol. The molecule has 0 aliphatic heterocycles. The molecule has 0 spiro atoms. The Labute approximate surface area is 95.0 Å². The maximum Gasteiger partial charge on any atom is 0.196 e. The van der Waals surface area contributed by atoms with Crippen molar-refractivity contribution in [2.45, 2.75) is 26.7 Å². The van der Waals surface area contributed by atoms with Crippen molar-refractivity contribution < 1.29 is 9.59 Å². The zero-order chi connectivity index (χ0) is 11.7. The first-order valence-electron chi connectivity index (χ1n) is 5.44. The number of hydrogen-bond donors (Lipinski definition) is 0. The highest BCUT2D eigenvalue weighted by Gasteiger charge is 2.26. The molecule has 0 heterocycles. The summed E-state index contributed by atoms with van der Waals surface area (Å²) in [5.74, 6) is -0.136. The quantitative estimate of drug-likeness (QED) is 0.560. The monoisotopic (exact) mass is 214 g/mol. The standard InChI is InChI=1S/C14H14O2/c1-9-3-6-11(7-4-9)14(16)13-10(2)5-8-12(13)15/h3-4,6-7H,5,8H2,1-2H3. The molecule has 16 heavy (non-hydrogen) atoms. The lowest BCUT2D eigenvalue weighted by Crippen LogP contribution is -2.10. The van der Waals surface area contributed by atoms with Crippen LogP contribution in [0.1, 0.15) is 35.7 Å². The van der Waals surface area contributed by atoms with E-state index in [9.17, 15) is 9.59 Å². The van der Waals surface area contributed by atoms with Crippen molar-refractivity contribution in [1.29, 1.82) is 0 Å². The van der Waals surface area contributed by atoms with Gasteiger partial charge in [-0.1, -0.05) is 35.4 Å². The van der Waals surface area contributed by atoms with Gasteiger partial charge in [0.25, 0.3) is 0 Å². The lowest BCUT2D eigenvalue weighted by Gasteiger charge is -2.02. The van der Waals surface area contributed by atoms with Gasteiger partial charge in [-0.3, -0.25) is 9.59 Å². The molecule has 2 nitrogen and oxygen atoms in total. The lowest BCUT2D eigenvalue weighted by atomic mass is 9.99. The Bertz CT molecular complexity index is 478. The first-order chi connectivity index (χ1) is 7.59. The molecule has 1 aromatic carbocycles. The Morgan fingerprint density at radius 2 is 1.69 bits per heavy atom. The Hall–Kier alpha value is -1.70. The second-order valence-electron chi connectivity index (χ2n) is 4.27. The van der Waals surface area contributed by atoms with E-state index < -0.39 is 0 Å². The minimum atomic E-state index is -0.125. The SMILES string of the molecule is CC1=C(C(=O)c2ccc(C)cc2)C(=O)CC1. The van der Waals surface area contributed by atoms with Crippen molar-refractivity contribution in [3.8, 4) is 0 Å². The number of hydrogen-bond acceptors (Lipinski definition) is 2. The average Bonchev–Trinajstić information content (AvgIpc) is 2.59. The molecule has 0 atom stereocenters. The van der Waals surface area contributed by atoms with Gasteiger partial charge in [0, 0.05) is 12.0 Å². The van der Waals surface area contributed by atoms with Gasteiger partial charge in [0.1, 0.15) is 0 Å². The van der Waals surface area contributed by atoms with Crippen LogP contribution in [-0.4, -0.2) is 11.6 Å². The van der Waals surface area contributed by atoms with E-state index in [2.05, 4.69) is 0 Å². The number of Topliss-reactive ketones (excluding diaryl/α,β-unsaturated/α-hetero) is 2. The molecule has 82 valence electrons. The predicted octanol–water partition coefficient (Wildman–Crippen LogP) is 2.86. The van der Waals surface area contributed by atoms with Crippen molar-refractivity contribution in [1.82, 2.24) is 0 Å². The van der Waals surface area contributed by atoms with Crippen molar-refractivity contribution >= 4 is 11.6 Å². The van der Waals surface area contributed by atoms with Gasteiger partial charge in [0.15, 0.2) is 11.6 Å². The van der Waals surface area contributed by atoms with Gasteiger partial charge >= 0.3 is 0 Å². The molecule has 0 amide bonds. The fraction of sp³-hybridized carbons (Fsp3) is 0.286. The first-order valence-corrected chi connectivity index (χ1v) is 5.44. The van der Waals surface area contributed by atoms with E-state index in [0.29, 0.717) is 17.6 Å². The summed E-state index contributed by atoms with van der Waals surface area (Å²) in [5.41, 5.74) is 3.05. The smallest absolute Gasteiger partial charge is 0.196 e. The molecule has 1 aliphatic rings. The van der Waals surface area contributed by atoms with Crippen LogP contribution in [0.5, 0.6) is 0 Å². The Kier molecular flexibility index (Phi) is 2.73. The number of aryl methyl sites for hydroxylation is 1. The molecule has 0 radical (unpaired) electrons. The van der Waals surface area contributed by atoms with Crippen molar-refractivity contribution in [3.63, 3.8) is 0 Å². The third-order valence-corrected chi connectivity index (χ3v) is 2.97. The normalized spacial score (nSPS) is 15.8. The zero-order valence-electron chi connectivity index (χ0n) is 9.54. The van der Waals surface area contributed by atoms with Crippen LogP contribution < -0.4 is 0 Å². The largest absolute Gasteiger partial charge is 0.294 e. The van der Waals surface area contributed by atoms with E-state index in [4.69, 9.17) is 0 Å². The maximum atomic E-state index is 12.1. The van der Waals surface area contributed by atoms with Gasteiger partial charge in [-0.05, 0) is 20.3 Å². The Balaban J connectivity index is 2.36. The molecule has 1 aromatic rings. The second-order valence-corrected chi connectivity index (χ2v) is 4.27. The number of ketones is 2. The van der Waals surface area contributed by atoms with Gasteiger partial charge in [0.2, 0.25) is 0 Å².